The van der Waals surface area contributed by atoms with Crippen molar-refractivity contribution in [2.24, 2.45) is 0 Å². The van der Waals surface area contributed by atoms with Crippen LogP contribution < -0.4 is 0 Å². The molecule has 0 N–H and O–H groups in total. The summed E-state index contributed by atoms with van der Waals surface area (Å²) in [5, 5.41) is 0. The lowest BCUT2D eigenvalue weighted by atomic mass is 10.3. The van der Waals surface area contributed by atoms with E-state index in [0.717, 1.165) is 0 Å². The van der Waals surface area contributed by atoms with Crippen LogP contribution in [0.4, 0.5) is 13.2 Å². The maximum atomic E-state index is 12.6. The Kier molecular flexibility index (Phi) is 4.37. The second-order valence-corrected chi connectivity index (χ2v) is 4.70. The summed E-state index contributed by atoms with van der Waals surface area (Å²) in [6.07, 6.45) is -4.66. The van der Waals surface area contributed by atoms with E-state index in [0.29, 0.717) is 24.4 Å². The minimum Gasteiger partial charge on any atom is -0.338 e. The van der Waals surface area contributed by atoms with Crippen LogP contribution in [0.15, 0.2) is 0 Å². The van der Waals surface area contributed by atoms with Crippen LogP contribution in [-0.2, 0) is 6.18 Å². The normalized spacial score (nSPS) is 11.6. The zero-order valence-corrected chi connectivity index (χ0v) is 10.7. The van der Waals surface area contributed by atoms with Crippen molar-refractivity contribution < 1.29 is 18.0 Å². The van der Waals surface area contributed by atoms with Crippen LogP contribution in [-0.4, -0.2) is 28.9 Å². The molecule has 1 aromatic heterocycles. The lowest BCUT2D eigenvalue weighted by Gasteiger charge is -2.18. The molecule has 0 aromatic carbocycles. The highest BCUT2D eigenvalue weighted by molar-refractivity contribution is 7.17. The van der Waals surface area contributed by atoms with E-state index in [9.17, 15) is 18.0 Å². The van der Waals surface area contributed by atoms with E-state index in [-0.39, 0.29) is 4.47 Å². The number of halogens is 4. The molecule has 0 fully saturated rings. The topological polar surface area (TPSA) is 33.2 Å². The SMILES string of the molecule is CCN(CC)C(=O)c1sc(Cl)nc1C(F)(F)F. The van der Waals surface area contributed by atoms with E-state index in [1.54, 1.807) is 13.8 Å². The van der Waals surface area contributed by atoms with Gasteiger partial charge in [0.05, 0.1) is 0 Å². The van der Waals surface area contributed by atoms with Crippen LogP contribution in [0.2, 0.25) is 4.47 Å². The largest absolute Gasteiger partial charge is 0.435 e. The van der Waals surface area contributed by atoms with Gasteiger partial charge < -0.3 is 4.90 Å². The van der Waals surface area contributed by atoms with Gasteiger partial charge in [0.25, 0.3) is 5.91 Å². The van der Waals surface area contributed by atoms with Crippen LogP contribution in [0.3, 0.4) is 0 Å². The number of hydrogen-bond acceptors (Lipinski definition) is 3. The summed E-state index contributed by atoms with van der Waals surface area (Å²) < 4.78 is 37.5. The molecule has 1 heterocycles. The number of carbonyl (C=O) groups is 1. The van der Waals surface area contributed by atoms with Gasteiger partial charge in [0, 0.05) is 13.1 Å². The zero-order chi connectivity index (χ0) is 13.2. The summed E-state index contributed by atoms with van der Waals surface area (Å²) in [5.41, 5.74) is -1.20. The second-order valence-electron chi connectivity index (χ2n) is 3.12. The van der Waals surface area contributed by atoms with E-state index in [4.69, 9.17) is 11.6 Å². The van der Waals surface area contributed by atoms with Gasteiger partial charge in [-0.05, 0) is 13.8 Å². The number of nitrogens with zero attached hydrogens (tertiary/aromatic N) is 2. The van der Waals surface area contributed by atoms with Crippen LogP contribution in [0, 0.1) is 0 Å². The fourth-order valence-electron chi connectivity index (χ4n) is 1.29. The molecular weight excluding hydrogens is 277 g/mol. The number of rotatable bonds is 3. The van der Waals surface area contributed by atoms with Crippen molar-refractivity contribution in [3.8, 4) is 0 Å². The van der Waals surface area contributed by atoms with E-state index >= 15 is 0 Å². The van der Waals surface area contributed by atoms with Crippen LogP contribution >= 0.6 is 22.9 Å². The summed E-state index contributed by atoms with van der Waals surface area (Å²) in [5.74, 6) is -0.688. The quantitative estimate of drug-likeness (QED) is 0.854. The molecule has 0 aliphatic heterocycles. The average Bonchev–Trinajstić information content (AvgIpc) is 2.61. The van der Waals surface area contributed by atoms with Crippen molar-refractivity contribution >= 4 is 28.8 Å². The highest BCUT2D eigenvalue weighted by atomic mass is 35.5. The van der Waals surface area contributed by atoms with Crippen molar-refractivity contribution in [2.75, 3.05) is 13.1 Å². The Bertz CT molecular complexity index is 415. The van der Waals surface area contributed by atoms with E-state index in [2.05, 4.69) is 4.98 Å². The van der Waals surface area contributed by atoms with Gasteiger partial charge in [-0.2, -0.15) is 13.2 Å². The molecule has 0 saturated carbocycles. The monoisotopic (exact) mass is 286 g/mol. The average molecular weight is 287 g/mol. The fourth-order valence-corrected chi connectivity index (χ4v) is 2.38. The number of thiazole rings is 1. The molecule has 0 atom stereocenters. The summed E-state index contributed by atoms with van der Waals surface area (Å²) in [7, 11) is 0. The summed E-state index contributed by atoms with van der Waals surface area (Å²) in [6.45, 7) is 4.05. The number of aromatic nitrogens is 1. The molecular formula is C9H10ClF3N2OS. The van der Waals surface area contributed by atoms with Gasteiger partial charge in [0.2, 0.25) is 0 Å². The van der Waals surface area contributed by atoms with Gasteiger partial charge in [-0.15, -0.1) is 0 Å². The summed E-state index contributed by atoms with van der Waals surface area (Å²) in [6, 6.07) is 0. The molecule has 0 aliphatic rings. The van der Waals surface area contributed by atoms with E-state index < -0.39 is 22.7 Å². The molecule has 0 spiro atoms. The number of alkyl halides is 3. The lowest BCUT2D eigenvalue weighted by molar-refractivity contribution is -0.141. The number of carbonyl (C=O) groups excluding carboxylic acids is 1. The van der Waals surface area contributed by atoms with Crippen molar-refractivity contribution in [3.05, 3.63) is 15.0 Å². The summed E-state index contributed by atoms with van der Waals surface area (Å²) >= 11 is 5.99. The van der Waals surface area contributed by atoms with Crippen LogP contribution in [0.1, 0.15) is 29.2 Å². The Morgan fingerprint density at radius 3 is 2.35 bits per heavy atom. The lowest BCUT2D eigenvalue weighted by Crippen LogP contribution is -2.31. The Labute approximate surface area is 105 Å². The third kappa shape index (κ3) is 3.10. The molecule has 1 amide bonds. The number of amides is 1. The molecule has 1 aromatic rings. The Morgan fingerprint density at radius 1 is 1.41 bits per heavy atom. The molecule has 0 saturated heterocycles. The Hall–Kier alpha value is -0.820. The molecule has 0 bridgehead atoms. The molecule has 1 rings (SSSR count). The maximum Gasteiger partial charge on any atom is 0.435 e. The van der Waals surface area contributed by atoms with Gasteiger partial charge in [-0.3, -0.25) is 4.79 Å². The highest BCUT2D eigenvalue weighted by Gasteiger charge is 2.40. The van der Waals surface area contributed by atoms with Crippen molar-refractivity contribution in [1.82, 2.24) is 9.88 Å². The molecule has 0 aliphatic carbocycles. The molecule has 0 unspecified atom stereocenters. The molecule has 0 radical (unpaired) electrons. The second kappa shape index (κ2) is 5.22. The van der Waals surface area contributed by atoms with Crippen LogP contribution in [0.5, 0.6) is 0 Å². The summed E-state index contributed by atoms with van der Waals surface area (Å²) in [4.78, 5) is 15.8. The Morgan fingerprint density at radius 2 is 1.94 bits per heavy atom. The first-order valence-electron chi connectivity index (χ1n) is 4.84. The minimum atomic E-state index is -4.66. The predicted molar refractivity (Wildman–Crippen MR) is 59.4 cm³/mol. The van der Waals surface area contributed by atoms with Gasteiger partial charge in [-0.1, -0.05) is 22.9 Å². The predicted octanol–water partition coefficient (Wildman–Crippen LogP) is 3.30. The molecule has 8 heteroatoms. The third-order valence-corrected chi connectivity index (χ3v) is 3.26. The van der Waals surface area contributed by atoms with Gasteiger partial charge in [0.15, 0.2) is 10.2 Å². The maximum absolute atomic E-state index is 12.6. The Balaban J connectivity index is 3.18. The van der Waals surface area contributed by atoms with Crippen molar-refractivity contribution in [3.63, 3.8) is 0 Å². The first kappa shape index (κ1) is 14.2. The van der Waals surface area contributed by atoms with Crippen molar-refractivity contribution in [1.29, 1.82) is 0 Å². The number of hydrogen-bond donors (Lipinski definition) is 0. The van der Waals surface area contributed by atoms with Crippen molar-refractivity contribution in [2.45, 2.75) is 20.0 Å². The first-order valence-corrected chi connectivity index (χ1v) is 6.03. The fraction of sp³-hybridized carbons (Fsp3) is 0.556. The first-order chi connectivity index (χ1) is 7.81. The molecule has 17 heavy (non-hydrogen) atoms. The van der Waals surface area contributed by atoms with E-state index in [1.165, 1.54) is 4.90 Å². The smallest absolute Gasteiger partial charge is 0.338 e. The molecule has 3 nitrogen and oxygen atoms in total. The zero-order valence-electron chi connectivity index (χ0n) is 9.14. The highest BCUT2D eigenvalue weighted by Crippen LogP contribution is 2.36. The van der Waals surface area contributed by atoms with Gasteiger partial charge >= 0.3 is 6.18 Å². The van der Waals surface area contributed by atoms with Gasteiger partial charge in [0.1, 0.15) is 4.88 Å². The van der Waals surface area contributed by atoms with E-state index in [1.807, 2.05) is 0 Å². The van der Waals surface area contributed by atoms with Gasteiger partial charge in [-0.25, -0.2) is 4.98 Å². The molecule has 96 valence electrons. The standard InChI is InChI=1S/C9H10ClF3N2OS/c1-3-15(4-2)7(16)5-6(9(11,12)13)14-8(10)17-5/h3-4H2,1-2H3. The third-order valence-electron chi connectivity index (χ3n) is 2.11. The van der Waals surface area contributed by atoms with Crippen LogP contribution in [0.25, 0.3) is 0 Å². The minimum absolute atomic E-state index is 0.284.